The van der Waals surface area contributed by atoms with E-state index < -0.39 is 0 Å². The highest BCUT2D eigenvalue weighted by atomic mass is 16.5. The van der Waals surface area contributed by atoms with Crippen molar-refractivity contribution in [1.29, 1.82) is 0 Å². The van der Waals surface area contributed by atoms with Crippen LogP contribution in [0.25, 0.3) is 0 Å². The molecule has 1 N–H and O–H groups in total. The maximum absolute atomic E-state index is 5.14. The predicted molar refractivity (Wildman–Crippen MR) is 77.1 cm³/mol. The molecule has 1 aromatic carbocycles. The number of rotatable bonds is 4. The van der Waals surface area contributed by atoms with Crippen LogP contribution >= 0.6 is 0 Å². The average Bonchev–Trinajstić information content (AvgIpc) is 2.36. The number of hydrogen-bond acceptors (Lipinski definition) is 2. The number of allylic oxidation sites excluding steroid dienone is 2. The topological polar surface area (TPSA) is 21.3 Å². The molecule has 1 unspecified atom stereocenters. The van der Waals surface area contributed by atoms with Gasteiger partial charge in [0, 0.05) is 12.2 Å². The van der Waals surface area contributed by atoms with Crippen LogP contribution in [-0.4, -0.2) is 13.7 Å². The summed E-state index contributed by atoms with van der Waals surface area (Å²) in [6.45, 7) is 5.36. The van der Waals surface area contributed by atoms with Crippen molar-refractivity contribution in [1.82, 2.24) is 0 Å². The van der Waals surface area contributed by atoms with Crippen LogP contribution in [0.4, 0.5) is 5.69 Å². The summed E-state index contributed by atoms with van der Waals surface area (Å²) in [4.78, 5) is 0. The second-order valence-corrected chi connectivity index (χ2v) is 5.00. The third-order valence-corrected chi connectivity index (χ3v) is 3.16. The van der Waals surface area contributed by atoms with E-state index in [0.717, 1.165) is 18.0 Å². The summed E-state index contributed by atoms with van der Waals surface area (Å²) in [5.74, 6) is 1.55. The molecule has 0 aromatic heterocycles. The van der Waals surface area contributed by atoms with Gasteiger partial charge in [-0.25, -0.2) is 0 Å². The number of hydrogen-bond donors (Lipinski definition) is 1. The molecule has 0 fully saturated rings. The summed E-state index contributed by atoms with van der Waals surface area (Å²) in [5, 5.41) is 3.44. The highest BCUT2D eigenvalue weighted by Gasteiger charge is 2.08. The monoisotopic (exact) mass is 243 g/mol. The molecule has 0 radical (unpaired) electrons. The van der Waals surface area contributed by atoms with E-state index in [0.29, 0.717) is 5.92 Å². The number of nitrogens with one attached hydrogen (secondary N) is 1. The molecule has 96 valence electrons. The SMILES string of the molecule is COc1ccc(NCC2=CC(C)CC(C)=C2)cc1. The van der Waals surface area contributed by atoms with Gasteiger partial charge in [0.15, 0.2) is 0 Å². The fraction of sp³-hybridized carbons (Fsp3) is 0.375. The van der Waals surface area contributed by atoms with E-state index in [4.69, 9.17) is 4.74 Å². The Balaban J connectivity index is 1.95. The lowest BCUT2D eigenvalue weighted by molar-refractivity contribution is 0.415. The van der Waals surface area contributed by atoms with Crippen molar-refractivity contribution in [3.05, 3.63) is 47.6 Å². The summed E-state index contributed by atoms with van der Waals surface area (Å²) in [5.41, 5.74) is 3.97. The molecule has 0 saturated carbocycles. The Morgan fingerprint density at radius 2 is 2.00 bits per heavy atom. The molecule has 2 rings (SSSR count). The van der Waals surface area contributed by atoms with Gasteiger partial charge in [0.2, 0.25) is 0 Å². The molecule has 0 saturated heterocycles. The van der Waals surface area contributed by atoms with Crippen LogP contribution < -0.4 is 10.1 Å². The van der Waals surface area contributed by atoms with Crippen molar-refractivity contribution in [2.24, 2.45) is 5.92 Å². The van der Waals surface area contributed by atoms with Crippen LogP contribution in [0.1, 0.15) is 20.3 Å². The van der Waals surface area contributed by atoms with Crippen molar-refractivity contribution in [3.8, 4) is 5.75 Å². The van der Waals surface area contributed by atoms with Gasteiger partial charge in [-0.1, -0.05) is 24.6 Å². The third kappa shape index (κ3) is 3.39. The van der Waals surface area contributed by atoms with Crippen LogP contribution in [-0.2, 0) is 0 Å². The summed E-state index contributed by atoms with van der Waals surface area (Å²) >= 11 is 0. The summed E-state index contributed by atoms with van der Waals surface area (Å²) in [6, 6.07) is 8.03. The molecular weight excluding hydrogens is 222 g/mol. The molecule has 0 heterocycles. The first-order chi connectivity index (χ1) is 8.67. The van der Waals surface area contributed by atoms with Crippen LogP contribution in [0.3, 0.4) is 0 Å². The molecule has 1 atom stereocenters. The maximum atomic E-state index is 5.14. The largest absolute Gasteiger partial charge is 0.497 e. The molecule has 18 heavy (non-hydrogen) atoms. The summed E-state index contributed by atoms with van der Waals surface area (Å²) in [7, 11) is 1.68. The highest BCUT2D eigenvalue weighted by Crippen LogP contribution is 2.22. The lowest BCUT2D eigenvalue weighted by atomic mass is 9.92. The fourth-order valence-electron chi connectivity index (χ4n) is 2.38. The van der Waals surface area contributed by atoms with Crippen LogP contribution in [0, 0.1) is 5.92 Å². The maximum Gasteiger partial charge on any atom is 0.119 e. The molecule has 2 heteroatoms. The Labute approximate surface area is 109 Å². The molecule has 1 aliphatic rings. The average molecular weight is 243 g/mol. The van der Waals surface area contributed by atoms with E-state index in [9.17, 15) is 0 Å². The first-order valence-corrected chi connectivity index (χ1v) is 6.43. The van der Waals surface area contributed by atoms with Gasteiger partial charge in [-0.15, -0.1) is 0 Å². The van der Waals surface area contributed by atoms with E-state index in [2.05, 4.69) is 31.3 Å². The van der Waals surface area contributed by atoms with Gasteiger partial charge in [-0.05, 0) is 49.1 Å². The zero-order valence-corrected chi connectivity index (χ0v) is 11.4. The van der Waals surface area contributed by atoms with Crippen molar-refractivity contribution in [3.63, 3.8) is 0 Å². The Morgan fingerprint density at radius 1 is 1.28 bits per heavy atom. The van der Waals surface area contributed by atoms with Gasteiger partial charge in [0.1, 0.15) is 5.75 Å². The standard InChI is InChI=1S/C16H21NO/c1-12-8-13(2)10-14(9-12)11-17-15-4-6-16(18-3)7-5-15/h4-7,9-10,12,17H,8,11H2,1-3H3. The van der Waals surface area contributed by atoms with E-state index in [1.807, 2.05) is 24.3 Å². The van der Waals surface area contributed by atoms with E-state index >= 15 is 0 Å². The highest BCUT2D eigenvalue weighted by molar-refractivity contribution is 5.48. The van der Waals surface area contributed by atoms with Gasteiger partial charge >= 0.3 is 0 Å². The first kappa shape index (κ1) is 12.7. The molecule has 2 nitrogen and oxygen atoms in total. The molecule has 1 aliphatic carbocycles. The smallest absolute Gasteiger partial charge is 0.119 e. The van der Waals surface area contributed by atoms with Gasteiger partial charge in [-0.2, -0.15) is 0 Å². The fourth-order valence-corrected chi connectivity index (χ4v) is 2.38. The first-order valence-electron chi connectivity index (χ1n) is 6.43. The molecular formula is C16H21NO. The lowest BCUT2D eigenvalue weighted by Crippen LogP contribution is -2.08. The van der Waals surface area contributed by atoms with Crippen molar-refractivity contribution in [2.45, 2.75) is 20.3 Å². The summed E-state index contributed by atoms with van der Waals surface area (Å²) < 4.78 is 5.14. The van der Waals surface area contributed by atoms with Gasteiger partial charge in [0.05, 0.1) is 7.11 Å². The minimum Gasteiger partial charge on any atom is -0.497 e. The third-order valence-electron chi connectivity index (χ3n) is 3.16. The minimum absolute atomic E-state index is 0.655. The second kappa shape index (κ2) is 5.76. The predicted octanol–water partition coefficient (Wildman–Crippen LogP) is 4.02. The quantitative estimate of drug-likeness (QED) is 0.862. The molecule has 0 spiro atoms. The zero-order valence-electron chi connectivity index (χ0n) is 11.4. The molecule has 1 aromatic rings. The molecule has 0 amide bonds. The van der Waals surface area contributed by atoms with Gasteiger partial charge in [0.25, 0.3) is 0 Å². The zero-order chi connectivity index (χ0) is 13.0. The van der Waals surface area contributed by atoms with Gasteiger partial charge < -0.3 is 10.1 Å². The molecule has 0 bridgehead atoms. The van der Waals surface area contributed by atoms with E-state index in [-0.39, 0.29) is 0 Å². The van der Waals surface area contributed by atoms with Gasteiger partial charge in [-0.3, -0.25) is 0 Å². The molecule has 0 aliphatic heterocycles. The van der Waals surface area contributed by atoms with Crippen LogP contribution in [0.2, 0.25) is 0 Å². The lowest BCUT2D eigenvalue weighted by Gasteiger charge is -2.17. The van der Waals surface area contributed by atoms with Crippen molar-refractivity contribution in [2.75, 3.05) is 19.0 Å². The normalized spacial score (nSPS) is 18.9. The minimum atomic E-state index is 0.655. The summed E-state index contributed by atoms with van der Waals surface area (Å²) in [6.07, 6.45) is 5.83. The van der Waals surface area contributed by atoms with Crippen molar-refractivity contribution >= 4 is 5.69 Å². The van der Waals surface area contributed by atoms with E-state index in [1.165, 1.54) is 17.6 Å². The number of methoxy groups -OCH3 is 1. The Hall–Kier alpha value is -1.70. The van der Waals surface area contributed by atoms with Crippen LogP contribution in [0.5, 0.6) is 5.75 Å². The Bertz CT molecular complexity index is 456. The van der Waals surface area contributed by atoms with E-state index in [1.54, 1.807) is 7.11 Å². The van der Waals surface area contributed by atoms with Crippen molar-refractivity contribution < 1.29 is 4.74 Å². The van der Waals surface area contributed by atoms with Crippen LogP contribution in [0.15, 0.2) is 47.6 Å². The number of anilines is 1. The number of ether oxygens (including phenoxy) is 1. The second-order valence-electron chi connectivity index (χ2n) is 5.00. The number of benzene rings is 1. The Morgan fingerprint density at radius 3 is 2.61 bits per heavy atom. The Kier molecular flexibility index (Phi) is 4.08.